The molecule has 7 heteroatoms. The van der Waals surface area contributed by atoms with E-state index in [1.807, 2.05) is 42.3 Å². The summed E-state index contributed by atoms with van der Waals surface area (Å²) in [4.78, 5) is 2.11. The zero-order valence-corrected chi connectivity index (χ0v) is 15.4. The van der Waals surface area contributed by atoms with Gasteiger partial charge in [-0.15, -0.1) is 0 Å². The van der Waals surface area contributed by atoms with Crippen LogP contribution in [-0.4, -0.2) is 35.7 Å². The van der Waals surface area contributed by atoms with Crippen LogP contribution in [0.3, 0.4) is 0 Å². The lowest BCUT2D eigenvalue weighted by Crippen LogP contribution is -2.33. The molecule has 124 valence electrons. The molecular weight excluding hydrogens is 380 g/mol. The average Bonchev–Trinajstić information content (AvgIpc) is 2.55. The second kappa shape index (κ2) is 7.81. The van der Waals surface area contributed by atoms with E-state index >= 15 is 0 Å². The molecule has 0 saturated heterocycles. The Morgan fingerprint density at radius 3 is 2.52 bits per heavy atom. The Kier molecular flexibility index (Phi) is 6.04. The van der Waals surface area contributed by atoms with Crippen LogP contribution in [0.25, 0.3) is 0 Å². The molecule has 0 unspecified atom stereocenters. The fourth-order valence-corrected chi connectivity index (χ4v) is 3.82. The zero-order valence-electron chi connectivity index (χ0n) is 13.0. The van der Waals surface area contributed by atoms with Gasteiger partial charge in [0.2, 0.25) is 10.0 Å². The second-order valence-corrected chi connectivity index (χ2v) is 7.60. The van der Waals surface area contributed by atoms with Crippen LogP contribution < -0.4 is 14.4 Å². The van der Waals surface area contributed by atoms with Crippen molar-refractivity contribution in [3.63, 3.8) is 0 Å². The molecule has 0 aliphatic rings. The lowest BCUT2D eigenvalue weighted by molar-refractivity contribution is 0.402. The molecule has 0 aliphatic heterocycles. The molecule has 1 N–H and O–H groups in total. The normalized spacial score (nSPS) is 11.3. The maximum atomic E-state index is 12.5. The van der Waals surface area contributed by atoms with Crippen molar-refractivity contribution in [3.8, 4) is 5.75 Å². The Balaban J connectivity index is 2.04. The number of para-hydroxylation sites is 1. The third-order valence-corrected chi connectivity index (χ3v) is 5.33. The summed E-state index contributed by atoms with van der Waals surface area (Å²) in [5.74, 6) is 0.317. The highest BCUT2D eigenvalue weighted by atomic mass is 79.9. The predicted octanol–water partition coefficient (Wildman–Crippen LogP) is 2.87. The number of halogens is 1. The summed E-state index contributed by atoms with van der Waals surface area (Å²) in [7, 11) is -0.265. The van der Waals surface area contributed by atoms with Gasteiger partial charge in [0.05, 0.1) is 7.11 Å². The molecule has 0 amide bonds. The van der Waals surface area contributed by atoms with Crippen LogP contribution in [0.2, 0.25) is 0 Å². The summed E-state index contributed by atoms with van der Waals surface area (Å²) >= 11 is 3.28. The summed E-state index contributed by atoms with van der Waals surface area (Å²) in [5.41, 5.74) is 1.03. The topological polar surface area (TPSA) is 58.6 Å². The largest absolute Gasteiger partial charge is 0.495 e. The van der Waals surface area contributed by atoms with E-state index in [9.17, 15) is 8.42 Å². The summed E-state index contributed by atoms with van der Waals surface area (Å²) in [5, 5.41) is 0. The van der Waals surface area contributed by atoms with Gasteiger partial charge in [0.25, 0.3) is 0 Å². The van der Waals surface area contributed by atoms with Gasteiger partial charge in [0.15, 0.2) is 0 Å². The summed E-state index contributed by atoms with van der Waals surface area (Å²) in [6.07, 6.45) is 0. The molecule has 0 aliphatic carbocycles. The van der Waals surface area contributed by atoms with Gasteiger partial charge in [-0.05, 0) is 30.3 Å². The van der Waals surface area contributed by atoms with E-state index < -0.39 is 10.0 Å². The maximum absolute atomic E-state index is 12.5. The van der Waals surface area contributed by atoms with E-state index in [0.717, 1.165) is 5.69 Å². The van der Waals surface area contributed by atoms with Crippen LogP contribution >= 0.6 is 15.9 Å². The Bertz CT molecular complexity index is 751. The Morgan fingerprint density at radius 2 is 1.87 bits per heavy atom. The zero-order chi connectivity index (χ0) is 16.9. The molecule has 5 nitrogen and oxygen atoms in total. The number of hydrogen-bond donors (Lipinski definition) is 1. The third-order valence-electron chi connectivity index (χ3n) is 3.35. The van der Waals surface area contributed by atoms with E-state index in [-0.39, 0.29) is 4.90 Å². The van der Waals surface area contributed by atoms with Crippen molar-refractivity contribution in [1.82, 2.24) is 4.72 Å². The molecular formula is C16H19BrN2O3S. The van der Waals surface area contributed by atoms with Gasteiger partial charge >= 0.3 is 0 Å². The van der Waals surface area contributed by atoms with Crippen molar-refractivity contribution >= 4 is 31.6 Å². The molecule has 0 spiro atoms. The van der Waals surface area contributed by atoms with Gasteiger partial charge in [0, 0.05) is 30.3 Å². The number of methoxy groups -OCH3 is 1. The Labute approximate surface area is 145 Å². The molecule has 0 saturated carbocycles. The van der Waals surface area contributed by atoms with Gasteiger partial charge in [0.1, 0.15) is 10.6 Å². The van der Waals surface area contributed by atoms with Crippen LogP contribution in [0.5, 0.6) is 5.75 Å². The van der Waals surface area contributed by atoms with Crippen molar-refractivity contribution in [2.24, 2.45) is 0 Å². The van der Waals surface area contributed by atoms with Crippen molar-refractivity contribution in [2.45, 2.75) is 4.90 Å². The highest BCUT2D eigenvalue weighted by Gasteiger charge is 2.19. The van der Waals surface area contributed by atoms with E-state index in [1.54, 1.807) is 12.1 Å². The van der Waals surface area contributed by atoms with E-state index in [2.05, 4.69) is 20.7 Å². The van der Waals surface area contributed by atoms with Gasteiger partial charge in [-0.1, -0.05) is 34.1 Å². The number of rotatable bonds is 7. The first-order chi connectivity index (χ1) is 10.9. The summed E-state index contributed by atoms with van der Waals surface area (Å²) < 4.78 is 33.3. The number of anilines is 1. The van der Waals surface area contributed by atoms with Crippen molar-refractivity contribution in [1.29, 1.82) is 0 Å². The van der Waals surface area contributed by atoms with Gasteiger partial charge in [-0.2, -0.15) is 0 Å². The highest BCUT2D eigenvalue weighted by Crippen LogP contribution is 2.26. The number of sulfonamides is 1. The van der Waals surface area contributed by atoms with Gasteiger partial charge < -0.3 is 9.64 Å². The van der Waals surface area contributed by atoms with Crippen LogP contribution in [0.4, 0.5) is 5.69 Å². The highest BCUT2D eigenvalue weighted by molar-refractivity contribution is 9.10. The number of benzene rings is 2. The van der Waals surface area contributed by atoms with E-state index in [4.69, 9.17) is 4.74 Å². The standard InChI is InChI=1S/C16H19BrN2O3S/c1-19(14-6-4-3-5-7-14)11-10-18-23(20,21)16-12-13(17)8-9-15(16)22-2/h3-9,12,18H,10-11H2,1-2H3. The SMILES string of the molecule is COc1ccc(Br)cc1S(=O)(=O)NCCN(C)c1ccccc1. The third kappa shape index (κ3) is 4.70. The van der Waals surface area contributed by atoms with Crippen LogP contribution in [0.1, 0.15) is 0 Å². The molecule has 0 fully saturated rings. The number of nitrogens with one attached hydrogen (secondary N) is 1. The number of likely N-dealkylation sites (N-methyl/N-ethyl adjacent to an activating group) is 1. The smallest absolute Gasteiger partial charge is 0.244 e. The van der Waals surface area contributed by atoms with E-state index in [0.29, 0.717) is 23.3 Å². The average molecular weight is 399 g/mol. The maximum Gasteiger partial charge on any atom is 0.244 e. The molecule has 0 heterocycles. The summed E-state index contributed by atoms with van der Waals surface area (Å²) in [6, 6.07) is 14.7. The van der Waals surface area contributed by atoms with Gasteiger partial charge in [-0.3, -0.25) is 0 Å². The lowest BCUT2D eigenvalue weighted by Gasteiger charge is -2.19. The quantitative estimate of drug-likeness (QED) is 0.778. The summed E-state index contributed by atoms with van der Waals surface area (Å²) in [6.45, 7) is 0.850. The van der Waals surface area contributed by atoms with Crippen LogP contribution in [0.15, 0.2) is 57.9 Å². The minimum absolute atomic E-state index is 0.122. The molecule has 0 bridgehead atoms. The van der Waals surface area contributed by atoms with Crippen molar-refractivity contribution in [2.75, 3.05) is 32.1 Å². The number of nitrogens with zero attached hydrogens (tertiary/aromatic N) is 1. The minimum atomic E-state index is -3.64. The molecule has 23 heavy (non-hydrogen) atoms. The molecule has 2 aromatic carbocycles. The Morgan fingerprint density at radius 1 is 1.17 bits per heavy atom. The van der Waals surface area contributed by atoms with Crippen molar-refractivity contribution < 1.29 is 13.2 Å². The van der Waals surface area contributed by atoms with Crippen molar-refractivity contribution in [3.05, 3.63) is 53.0 Å². The number of hydrogen-bond acceptors (Lipinski definition) is 4. The molecule has 2 rings (SSSR count). The molecule has 0 radical (unpaired) electrons. The molecule has 0 atom stereocenters. The van der Waals surface area contributed by atoms with Crippen LogP contribution in [0, 0.1) is 0 Å². The predicted molar refractivity (Wildman–Crippen MR) is 95.6 cm³/mol. The van der Waals surface area contributed by atoms with Crippen LogP contribution in [-0.2, 0) is 10.0 Å². The Hall–Kier alpha value is -1.57. The number of ether oxygens (including phenoxy) is 1. The van der Waals surface area contributed by atoms with E-state index in [1.165, 1.54) is 13.2 Å². The fourth-order valence-electron chi connectivity index (χ4n) is 2.10. The second-order valence-electron chi connectivity index (χ2n) is 4.95. The first-order valence-corrected chi connectivity index (χ1v) is 9.31. The molecule has 2 aromatic rings. The first kappa shape index (κ1) is 17.8. The first-order valence-electron chi connectivity index (χ1n) is 7.03. The fraction of sp³-hybridized carbons (Fsp3) is 0.250. The van der Waals surface area contributed by atoms with Gasteiger partial charge in [-0.25, -0.2) is 13.1 Å². The lowest BCUT2D eigenvalue weighted by atomic mass is 10.3. The monoisotopic (exact) mass is 398 g/mol. The minimum Gasteiger partial charge on any atom is -0.495 e. The molecule has 0 aromatic heterocycles.